The molecule has 1 aliphatic carbocycles. The van der Waals surface area contributed by atoms with E-state index in [0.717, 1.165) is 18.9 Å². The molecule has 0 spiro atoms. The standard InChI is InChI=1S/C17H20F3N3O3S/c1-2-26-13-5-7-14(8-6-13)27(24,25)21-9-10-23-15(12-3-4-12)11-16(22-23)17(18,19)20/h5-8,11-12,21H,2-4,9-10H2,1H3. The Labute approximate surface area is 155 Å². The first-order valence-electron chi connectivity index (χ1n) is 8.58. The van der Waals surface area contributed by atoms with E-state index >= 15 is 0 Å². The Morgan fingerprint density at radius 3 is 2.48 bits per heavy atom. The normalized spacial score (nSPS) is 15.1. The van der Waals surface area contributed by atoms with Crippen molar-refractivity contribution in [2.24, 2.45) is 0 Å². The van der Waals surface area contributed by atoms with Gasteiger partial charge in [0.2, 0.25) is 10.0 Å². The number of nitrogens with one attached hydrogen (secondary N) is 1. The van der Waals surface area contributed by atoms with Crippen molar-refractivity contribution in [2.75, 3.05) is 13.2 Å². The van der Waals surface area contributed by atoms with Gasteiger partial charge in [0.25, 0.3) is 0 Å². The topological polar surface area (TPSA) is 73.2 Å². The number of alkyl halides is 3. The van der Waals surface area contributed by atoms with E-state index in [1.807, 2.05) is 6.92 Å². The molecule has 1 fully saturated rings. The van der Waals surface area contributed by atoms with E-state index in [2.05, 4.69) is 9.82 Å². The average molecular weight is 403 g/mol. The summed E-state index contributed by atoms with van der Waals surface area (Å²) in [5.41, 5.74) is -0.443. The first kappa shape index (κ1) is 19.7. The van der Waals surface area contributed by atoms with Crippen molar-refractivity contribution in [1.82, 2.24) is 14.5 Å². The highest BCUT2D eigenvalue weighted by Crippen LogP contribution is 2.42. The highest BCUT2D eigenvalue weighted by molar-refractivity contribution is 7.89. The third kappa shape index (κ3) is 4.81. The van der Waals surface area contributed by atoms with Gasteiger partial charge in [0, 0.05) is 18.2 Å². The van der Waals surface area contributed by atoms with E-state index in [0.29, 0.717) is 18.1 Å². The highest BCUT2D eigenvalue weighted by Gasteiger charge is 2.37. The lowest BCUT2D eigenvalue weighted by Crippen LogP contribution is -2.28. The molecule has 0 bridgehead atoms. The molecule has 10 heteroatoms. The summed E-state index contributed by atoms with van der Waals surface area (Å²) in [6.07, 6.45) is -2.88. The quantitative estimate of drug-likeness (QED) is 0.735. The molecular formula is C17H20F3N3O3S. The lowest BCUT2D eigenvalue weighted by molar-refractivity contribution is -0.141. The van der Waals surface area contributed by atoms with Gasteiger partial charge in [-0.25, -0.2) is 13.1 Å². The van der Waals surface area contributed by atoms with E-state index in [-0.39, 0.29) is 23.9 Å². The van der Waals surface area contributed by atoms with E-state index in [1.54, 1.807) is 12.1 Å². The first-order chi connectivity index (χ1) is 12.7. The van der Waals surface area contributed by atoms with Crippen LogP contribution in [0.3, 0.4) is 0 Å². The molecule has 27 heavy (non-hydrogen) atoms. The molecule has 0 amide bonds. The van der Waals surface area contributed by atoms with Gasteiger partial charge in [-0.1, -0.05) is 0 Å². The van der Waals surface area contributed by atoms with Crippen molar-refractivity contribution in [3.05, 3.63) is 41.7 Å². The molecule has 1 N–H and O–H groups in total. The minimum atomic E-state index is -4.52. The van der Waals surface area contributed by atoms with Crippen LogP contribution in [0, 0.1) is 0 Å². The Hall–Kier alpha value is -2.07. The van der Waals surface area contributed by atoms with Gasteiger partial charge in [-0.05, 0) is 50.1 Å². The van der Waals surface area contributed by atoms with Crippen molar-refractivity contribution in [3.8, 4) is 5.75 Å². The lowest BCUT2D eigenvalue weighted by atomic mass is 10.2. The van der Waals surface area contributed by atoms with E-state index in [1.165, 1.54) is 16.8 Å². The summed E-state index contributed by atoms with van der Waals surface area (Å²) in [6.45, 7) is 2.26. The Morgan fingerprint density at radius 2 is 1.93 bits per heavy atom. The summed E-state index contributed by atoms with van der Waals surface area (Å²) in [5, 5.41) is 3.61. The number of rotatable bonds is 8. The van der Waals surface area contributed by atoms with Crippen LogP contribution in [0.15, 0.2) is 35.2 Å². The fourth-order valence-electron chi connectivity index (χ4n) is 2.71. The monoisotopic (exact) mass is 403 g/mol. The SMILES string of the molecule is CCOc1ccc(S(=O)(=O)NCCn2nc(C(F)(F)F)cc2C2CC2)cc1. The maximum atomic E-state index is 12.9. The molecule has 1 aliphatic rings. The van der Waals surface area contributed by atoms with Crippen LogP contribution in [0.5, 0.6) is 5.75 Å². The van der Waals surface area contributed by atoms with Crippen molar-refractivity contribution in [3.63, 3.8) is 0 Å². The number of aromatic nitrogens is 2. The molecule has 0 radical (unpaired) electrons. The van der Waals surface area contributed by atoms with Gasteiger partial charge in [-0.2, -0.15) is 18.3 Å². The molecule has 2 aromatic rings. The van der Waals surface area contributed by atoms with Gasteiger partial charge in [0.15, 0.2) is 5.69 Å². The van der Waals surface area contributed by atoms with Gasteiger partial charge >= 0.3 is 6.18 Å². The predicted molar refractivity (Wildman–Crippen MR) is 92.0 cm³/mol. The second-order valence-corrected chi connectivity index (χ2v) is 8.02. The molecule has 1 saturated carbocycles. The minimum Gasteiger partial charge on any atom is -0.494 e. The average Bonchev–Trinajstić information content (AvgIpc) is 3.34. The zero-order valence-corrected chi connectivity index (χ0v) is 15.5. The predicted octanol–water partition coefficient (Wildman–Crippen LogP) is 3.16. The molecule has 0 aliphatic heterocycles. The molecule has 1 aromatic carbocycles. The summed E-state index contributed by atoms with van der Waals surface area (Å²) in [5.74, 6) is 0.623. The van der Waals surface area contributed by atoms with Crippen molar-refractivity contribution in [1.29, 1.82) is 0 Å². The Balaban J connectivity index is 1.66. The summed E-state index contributed by atoms with van der Waals surface area (Å²) >= 11 is 0. The van der Waals surface area contributed by atoms with Crippen molar-refractivity contribution in [2.45, 2.75) is 43.3 Å². The van der Waals surface area contributed by atoms with Crippen LogP contribution < -0.4 is 9.46 Å². The van der Waals surface area contributed by atoms with E-state index in [9.17, 15) is 21.6 Å². The van der Waals surface area contributed by atoms with Crippen LogP contribution in [-0.2, 0) is 22.7 Å². The molecule has 0 atom stereocenters. The second-order valence-electron chi connectivity index (χ2n) is 6.25. The number of halogens is 3. The third-order valence-corrected chi connectivity index (χ3v) is 5.63. The smallest absolute Gasteiger partial charge is 0.435 e. The molecule has 1 aromatic heterocycles. The van der Waals surface area contributed by atoms with Gasteiger partial charge in [0.05, 0.1) is 18.0 Å². The van der Waals surface area contributed by atoms with Crippen LogP contribution in [0.25, 0.3) is 0 Å². The first-order valence-corrected chi connectivity index (χ1v) is 10.1. The highest BCUT2D eigenvalue weighted by atomic mass is 32.2. The van der Waals surface area contributed by atoms with E-state index < -0.39 is 21.9 Å². The molecule has 0 saturated heterocycles. The van der Waals surface area contributed by atoms with Gasteiger partial charge < -0.3 is 4.74 Å². The van der Waals surface area contributed by atoms with E-state index in [4.69, 9.17) is 4.74 Å². The van der Waals surface area contributed by atoms with Crippen LogP contribution in [0.2, 0.25) is 0 Å². The van der Waals surface area contributed by atoms with Crippen LogP contribution in [0.4, 0.5) is 13.2 Å². The molecular weight excluding hydrogens is 383 g/mol. The molecule has 1 heterocycles. The Morgan fingerprint density at radius 1 is 1.26 bits per heavy atom. The van der Waals surface area contributed by atoms with Crippen molar-refractivity contribution < 1.29 is 26.3 Å². The van der Waals surface area contributed by atoms with Gasteiger partial charge in [-0.3, -0.25) is 4.68 Å². The van der Waals surface area contributed by atoms with Crippen LogP contribution >= 0.6 is 0 Å². The largest absolute Gasteiger partial charge is 0.494 e. The summed E-state index contributed by atoms with van der Waals surface area (Å²) in [4.78, 5) is 0.0600. The van der Waals surface area contributed by atoms with Gasteiger partial charge in [0.1, 0.15) is 5.75 Å². The molecule has 0 unspecified atom stereocenters. The van der Waals surface area contributed by atoms with Gasteiger partial charge in [-0.15, -0.1) is 0 Å². The number of hydrogen-bond acceptors (Lipinski definition) is 4. The number of benzene rings is 1. The number of hydrogen-bond donors (Lipinski definition) is 1. The number of nitrogens with zero attached hydrogens (tertiary/aromatic N) is 2. The Bertz CT molecular complexity index is 888. The second kappa shape index (κ2) is 7.51. The van der Waals surface area contributed by atoms with Crippen LogP contribution in [-0.4, -0.2) is 31.3 Å². The molecule has 3 rings (SSSR count). The summed E-state index contributed by atoms with van der Waals surface area (Å²) < 4.78 is 72.2. The fourth-order valence-corrected chi connectivity index (χ4v) is 3.73. The molecule has 148 valence electrons. The maximum Gasteiger partial charge on any atom is 0.435 e. The fraction of sp³-hybridized carbons (Fsp3) is 0.471. The number of sulfonamides is 1. The number of ether oxygens (including phenoxy) is 1. The zero-order valence-electron chi connectivity index (χ0n) is 14.7. The maximum absolute atomic E-state index is 12.9. The Kier molecular flexibility index (Phi) is 5.48. The van der Waals surface area contributed by atoms with Crippen LogP contribution in [0.1, 0.15) is 37.1 Å². The minimum absolute atomic E-state index is 0.0260. The summed E-state index contributed by atoms with van der Waals surface area (Å²) in [6, 6.07) is 6.98. The summed E-state index contributed by atoms with van der Waals surface area (Å²) in [7, 11) is -3.77. The molecule has 6 nitrogen and oxygen atoms in total. The lowest BCUT2D eigenvalue weighted by Gasteiger charge is -2.10. The van der Waals surface area contributed by atoms with Crippen molar-refractivity contribution >= 4 is 10.0 Å². The third-order valence-electron chi connectivity index (χ3n) is 4.16. The zero-order chi connectivity index (χ0) is 19.7.